The highest BCUT2D eigenvalue weighted by molar-refractivity contribution is 5.42. The lowest BCUT2D eigenvalue weighted by atomic mass is 9.72. The fourth-order valence-electron chi connectivity index (χ4n) is 8.88. The third-order valence-corrected chi connectivity index (χ3v) is 10.7. The Kier molecular flexibility index (Phi) is 7.29. The van der Waals surface area contributed by atoms with Crippen LogP contribution in [-0.4, -0.2) is 0 Å². The molecule has 0 saturated heterocycles. The predicted octanol–water partition coefficient (Wildman–Crippen LogP) is 10.3. The van der Waals surface area contributed by atoms with Crippen molar-refractivity contribution in [2.75, 3.05) is 0 Å². The Hall–Kier alpha value is -2.34. The zero-order chi connectivity index (χ0) is 25.4. The third-order valence-electron chi connectivity index (χ3n) is 10.7. The smallest absolute Gasteiger partial charge is 0.0122 e. The van der Waals surface area contributed by atoms with E-state index in [1.807, 2.05) is 0 Å². The highest BCUT2D eigenvalue weighted by atomic mass is 14.5. The van der Waals surface area contributed by atoms with Crippen LogP contribution < -0.4 is 0 Å². The molecule has 1 fully saturated rings. The summed E-state index contributed by atoms with van der Waals surface area (Å²) in [7, 11) is 0. The summed E-state index contributed by atoms with van der Waals surface area (Å²) >= 11 is 0. The monoisotopic (exact) mass is 490 g/mol. The molecule has 37 heavy (non-hydrogen) atoms. The number of hydrogen-bond donors (Lipinski definition) is 0. The zero-order valence-corrected chi connectivity index (χ0v) is 23.3. The Morgan fingerprint density at radius 2 is 1.22 bits per heavy atom. The molecule has 0 N–H and O–H groups in total. The van der Waals surface area contributed by atoms with Gasteiger partial charge in [-0.15, -0.1) is 0 Å². The van der Waals surface area contributed by atoms with Crippen LogP contribution in [0.5, 0.6) is 0 Å². The number of fused-ring (bicyclic) bond motifs is 2. The second kappa shape index (κ2) is 10.8. The van der Waals surface area contributed by atoms with Crippen molar-refractivity contribution in [2.45, 2.75) is 95.8 Å². The minimum absolute atomic E-state index is 0.726. The number of rotatable bonds is 8. The van der Waals surface area contributed by atoms with Gasteiger partial charge in [-0.3, -0.25) is 0 Å². The second-order valence-electron chi connectivity index (χ2n) is 13.1. The average Bonchev–Trinajstić information content (AvgIpc) is 3.63. The van der Waals surface area contributed by atoms with Gasteiger partial charge in [0.1, 0.15) is 0 Å². The highest BCUT2D eigenvalue weighted by Gasteiger charge is 2.46. The summed E-state index contributed by atoms with van der Waals surface area (Å²) < 4.78 is 0. The maximum atomic E-state index is 2.56. The molecule has 0 bridgehead atoms. The SMILES string of the molecule is CC(CCC(C)C1CC(C2CCCC2C2CC(C)c3ccccc32)c2ccccc21)Cc1ccccc1. The molecule has 3 aromatic rings. The van der Waals surface area contributed by atoms with Gasteiger partial charge in [-0.1, -0.05) is 112 Å². The second-order valence-corrected chi connectivity index (χ2v) is 13.1. The van der Waals surface area contributed by atoms with Crippen LogP contribution in [-0.2, 0) is 6.42 Å². The van der Waals surface area contributed by atoms with Gasteiger partial charge < -0.3 is 0 Å². The van der Waals surface area contributed by atoms with Crippen LogP contribution in [0.3, 0.4) is 0 Å². The first-order chi connectivity index (χ1) is 18.1. The van der Waals surface area contributed by atoms with Crippen molar-refractivity contribution < 1.29 is 0 Å². The van der Waals surface area contributed by atoms with E-state index < -0.39 is 0 Å². The molecule has 0 aliphatic heterocycles. The lowest BCUT2D eigenvalue weighted by molar-refractivity contribution is 0.257. The van der Waals surface area contributed by atoms with E-state index in [2.05, 4.69) is 99.6 Å². The predicted molar refractivity (Wildman–Crippen MR) is 157 cm³/mol. The Balaban J connectivity index is 1.17. The van der Waals surface area contributed by atoms with Crippen molar-refractivity contribution >= 4 is 0 Å². The van der Waals surface area contributed by atoms with Crippen molar-refractivity contribution in [1.29, 1.82) is 0 Å². The first kappa shape index (κ1) is 25.0. The van der Waals surface area contributed by atoms with E-state index in [-0.39, 0.29) is 0 Å². The molecule has 3 aliphatic rings. The van der Waals surface area contributed by atoms with Crippen molar-refractivity contribution in [3.63, 3.8) is 0 Å². The van der Waals surface area contributed by atoms with Crippen LogP contribution >= 0.6 is 0 Å². The van der Waals surface area contributed by atoms with Crippen LogP contribution in [0.25, 0.3) is 0 Å². The molecule has 1 saturated carbocycles. The van der Waals surface area contributed by atoms with Crippen LogP contribution in [0, 0.1) is 23.7 Å². The van der Waals surface area contributed by atoms with E-state index in [0.717, 1.165) is 47.3 Å². The van der Waals surface area contributed by atoms with Gasteiger partial charge in [-0.05, 0) is 114 Å². The first-order valence-electron chi connectivity index (χ1n) is 15.3. The molecule has 0 spiro atoms. The zero-order valence-electron chi connectivity index (χ0n) is 23.3. The summed E-state index contributed by atoms with van der Waals surface area (Å²) in [6, 6.07) is 30.1. The fourth-order valence-corrected chi connectivity index (χ4v) is 8.88. The molecular weight excluding hydrogens is 444 g/mol. The topological polar surface area (TPSA) is 0 Å². The van der Waals surface area contributed by atoms with Crippen LogP contribution in [0.15, 0.2) is 78.9 Å². The summed E-state index contributed by atoms with van der Waals surface area (Å²) in [4.78, 5) is 0. The molecule has 0 aromatic heterocycles. The molecule has 0 radical (unpaired) electrons. The normalized spacial score (nSPS) is 30.1. The maximum absolute atomic E-state index is 2.56. The molecule has 8 atom stereocenters. The summed E-state index contributed by atoms with van der Waals surface area (Å²) in [5.41, 5.74) is 8.23. The first-order valence-corrected chi connectivity index (χ1v) is 15.3. The molecule has 0 nitrogen and oxygen atoms in total. The molecule has 0 heteroatoms. The van der Waals surface area contributed by atoms with Gasteiger partial charge in [-0.2, -0.15) is 0 Å². The highest BCUT2D eigenvalue weighted by Crippen LogP contribution is 2.59. The fraction of sp³-hybridized carbons (Fsp3) is 0.514. The van der Waals surface area contributed by atoms with Crippen molar-refractivity contribution in [2.24, 2.45) is 23.7 Å². The summed E-state index contributed by atoms with van der Waals surface area (Å²) in [5, 5.41) is 0. The average molecular weight is 491 g/mol. The van der Waals surface area contributed by atoms with Gasteiger partial charge in [0.25, 0.3) is 0 Å². The minimum atomic E-state index is 0.726. The van der Waals surface area contributed by atoms with E-state index in [1.165, 1.54) is 56.9 Å². The number of hydrogen-bond acceptors (Lipinski definition) is 0. The maximum Gasteiger partial charge on any atom is -0.0122 e. The molecule has 194 valence electrons. The van der Waals surface area contributed by atoms with Crippen LogP contribution in [0.2, 0.25) is 0 Å². The number of benzene rings is 3. The standard InChI is InChI=1S/C37H46/c1-25(22-28-12-5-4-6-13-28)20-21-26(2)35-24-37(32-17-10-9-16-31(32)35)34-19-11-18-33(34)36-23-27(3)29-14-7-8-15-30(29)36/h4-10,12-17,25-27,33-37H,11,18-24H2,1-3H3. The summed E-state index contributed by atoms with van der Waals surface area (Å²) in [6.45, 7) is 7.47. The van der Waals surface area contributed by atoms with Crippen LogP contribution in [0.4, 0.5) is 0 Å². The van der Waals surface area contributed by atoms with Gasteiger partial charge in [0.05, 0.1) is 0 Å². The van der Waals surface area contributed by atoms with Crippen molar-refractivity contribution in [3.05, 3.63) is 107 Å². The minimum Gasteiger partial charge on any atom is -0.0622 e. The van der Waals surface area contributed by atoms with Gasteiger partial charge in [0.15, 0.2) is 0 Å². The van der Waals surface area contributed by atoms with Crippen molar-refractivity contribution in [3.8, 4) is 0 Å². The quantitative estimate of drug-likeness (QED) is 0.294. The molecule has 8 unspecified atom stereocenters. The summed E-state index contributed by atoms with van der Waals surface area (Å²) in [5.74, 6) is 6.24. The van der Waals surface area contributed by atoms with Gasteiger partial charge >= 0.3 is 0 Å². The Bertz CT molecular complexity index is 1180. The Morgan fingerprint density at radius 3 is 1.92 bits per heavy atom. The largest absolute Gasteiger partial charge is 0.0622 e. The lowest BCUT2D eigenvalue weighted by Gasteiger charge is -2.32. The van der Waals surface area contributed by atoms with Gasteiger partial charge in [-0.25, -0.2) is 0 Å². The van der Waals surface area contributed by atoms with Gasteiger partial charge in [0, 0.05) is 0 Å². The van der Waals surface area contributed by atoms with Gasteiger partial charge in [0.2, 0.25) is 0 Å². The third kappa shape index (κ3) is 4.94. The molecule has 3 aliphatic carbocycles. The van der Waals surface area contributed by atoms with E-state index in [0.29, 0.717) is 0 Å². The molecule has 0 heterocycles. The van der Waals surface area contributed by atoms with E-state index >= 15 is 0 Å². The molecule has 0 amide bonds. The molecule has 3 aromatic carbocycles. The molecule has 6 rings (SSSR count). The summed E-state index contributed by atoms with van der Waals surface area (Å²) in [6.07, 6.45) is 11.0. The van der Waals surface area contributed by atoms with Crippen LogP contribution in [0.1, 0.15) is 117 Å². The molecular formula is C37H46. The lowest BCUT2D eigenvalue weighted by Crippen LogP contribution is -2.21. The Morgan fingerprint density at radius 1 is 0.649 bits per heavy atom. The van der Waals surface area contributed by atoms with E-state index in [1.54, 1.807) is 22.3 Å². The Labute approximate surface area is 225 Å². The van der Waals surface area contributed by atoms with E-state index in [9.17, 15) is 0 Å². The van der Waals surface area contributed by atoms with E-state index in [4.69, 9.17) is 0 Å². The van der Waals surface area contributed by atoms with Crippen molar-refractivity contribution in [1.82, 2.24) is 0 Å².